The number of ether oxygens (including phenoxy) is 2. The lowest BCUT2D eigenvalue weighted by atomic mass is 10.3. The molecule has 2 aromatic rings. The van der Waals surface area contributed by atoms with Crippen molar-refractivity contribution in [3.63, 3.8) is 0 Å². The van der Waals surface area contributed by atoms with Gasteiger partial charge in [0.15, 0.2) is 6.61 Å². The van der Waals surface area contributed by atoms with E-state index in [0.717, 1.165) is 5.69 Å². The van der Waals surface area contributed by atoms with Gasteiger partial charge in [-0.15, -0.1) is 0 Å². The molecule has 0 spiro atoms. The molecule has 5 nitrogen and oxygen atoms in total. The first kappa shape index (κ1) is 13.7. The molecule has 0 heterocycles. The van der Waals surface area contributed by atoms with Crippen LogP contribution in [-0.4, -0.2) is 19.6 Å². The van der Waals surface area contributed by atoms with Crippen molar-refractivity contribution in [1.82, 2.24) is 0 Å². The van der Waals surface area contributed by atoms with E-state index in [9.17, 15) is 4.79 Å². The normalized spacial score (nSPS) is 9.85. The first-order valence-corrected chi connectivity index (χ1v) is 6.10. The van der Waals surface area contributed by atoms with E-state index in [1.165, 1.54) is 0 Å². The number of hydrogen-bond donors (Lipinski definition) is 2. The summed E-state index contributed by atoms with van der Waals surface area (Å²) < 4.78 is 10.4. The molecule has 0 aliphatic heterocycles. The third-order valence-corrected chi connectivity index (χ3v) is 2.63. The SMILES string of the molecule is COc1ccc(OCC(=O)Nc2ccccc2)cc1N. The van der Waals surface area contributed by atoms with Gasteiger partial charge >= 0.3 is 0 Å². The van der Waals surface area contributed by atoms with Gasteiger partial charge in [0, 0.05) is 11.8 Å². The zero-order chi connectivity index (χ0) is 14.4. The Morgan fingerprint density at radius 2 is 1.95 bits per heavy atom. The van der Waals surface area contributed by atoms with E-state index in [4.69, 9.17) is 15.2 Å². The first-order chi connectivity index (χ1) is 9.69. The predicted octanol–water partition coefficient (Wildman–Crippen LogP) is 2.29. The van der Waals surface area contributed by atoms with Crippen LogP contribution in [-0.2, 0) is 4.79 Å². The van der Waals surface area contributed by atoms with Gasteiger partial charge in [-0.25, -0.2) is 0 Å². The second-order valence-corrected chi connectivity index (χ2v) is 4.11. The molecule has 3 N–H and O–H groups in total. The maximum Gasteiger partial charge on any atom is 0.262 e. The van der Waals surface area contributed by atoms with Crippen LogP contribution < -0.4 is 20.5 Å². The van der Waals surface area contributed by atoms with E-state index in [1.807, 2.05) is 30.3 Å². The van der Waals surface area contributed by atoms with Crippen LogP contribution in [0.2, 0.25) is 0 Å². The van der Waals surface area contributed by atoms with Crippen LogP contribution in [0, 0.1) is 0 Å². The predicted molar refractivity (Wildman–Crippen MR) is 78.0 cm³/mol. The molecule has 0 bridgehead atoms. The number of carbonyl (C=O) groups is 1. The average Bonchev–Trinajstić information content (AvgIpc) is 2.46. The molecule has 20 heavy (non-hydrogen) atoms. The van der Waals surface area contributed by atoms with Gasteiger partial charge in [0.05, 0.1) is 12.8 Å². The Morgan fingerprint density at radius 1 is 1.20 bits per heavy atom. The molecule has 0 unspecified atom stereocenters. The Morgan fingerprint density at radius 3 is 2.60 bits per heavy atom. The van der Waals surface area contributed by atoms with E-state index >= 15 is 0 Å². The van der Waals surface area contributed by atoms with Crippen LogP contribution in [0.3, 0.4) is 0 Å². The largest absolute Gasteiger partial charge is 0.495 e. The minimum atomic E-state index is -0.231. The third kappa shape index (κ3) is 3.65. The topological polar surface area (TPSA) is 73.6 Å². The van der Waals surface area contributed by atoms with Crippen molar-refractivity contribution >= 4 is 17.3 Å². The summed E-state index contributed by atoms with van der Waals surface area (Å²) in [5.41, 5.74) is 6.95. The zero-order valence-electron chi connectivity index (χ0n) is 11.1. The molecule has 0 fully saturated rings. The summed E-state index contributed by atoms with van der Waals surface area (Å²) in [6.07, 6.45) is 0. The monoisotopic (exact) mass is 272 g/mol. The maximum atomic E-state index is 11.7. The lowest BCUT2D eigenvalue weighted by Gasteiger charge is -2.09. The lowest BCUT2D eigenvalue weighted by molar-refractivity contribution is -0.118. The minimum Gasteiger partial charge on any atom is -0.495 e. The second kappa shape index (κ2) is 6.47. The standard InChI is InChI=1S/C15H16N2O3/c1-19-14-8-7-12(9-13(14)16)20-10-15(18)17-11-5-3-2-4-6-11/h2-9H,10,16H2,1H3,(H,17,18). The van der Waals surface area contributed by atoms with Gasteiger partial charge in [-0.1, -0.05) is 18.2 Å². The van der Waals surface area contributed by atoms with Gasteiger partial charge in [0.2, 0.25) is 0 Å². The third-order valence-electron chi connectivity index (χ3n) is 2.63. The van der Waals surface area contributed by atoms with Gasteiger partial charge in [0.25, 0.3) is 5.91 Å². The molecule has 5 heteroatoms. The highest BCUT2D eigenvalue weighted by molar-refractivity contribution is 5.91. The highest BCUT2D eigenvalue weighted by atomic mass is 16.5. The van der Waals surface area contributed by atoms with Crippen LogP contribution in [0.1, 0.15) is 0 Å². The number of anilines is 2. The van der Waals surface area contributed by atoms with Crippen molar-refractivity contribution in [2.45, 2.75) is 0 Å². The summed E-state index contributed by atoms with van der Waals surface area (Å²) in [5.74, 6) is 0.864. The second-order valence-electron chi connectivity index (χ2n) is 4.11. The smallest absolute Gasteiger partial charge is 0.262 e. The van der Waals surface area contributed by atoms with Gasteiger partial charge in [-0.3, -0.25) is 4.79 Å². The molecular formula is C15H16N2O3. The molecule has 0 radical (unpaired) electrons. The summed E-state index contributed by atoms with van der Waals surface area (Å²) in [7, 11) is 1.54. The average molecular weight is 272 g/mol. The van der Waals surface area contributed by atoms with Crippen molar-refractivity contribution < 1.29 is 14.3 Å². The molecule has 0 atom stereocenters. The first-order valence-electron chi connectivity index (χ1n) is 6.10. The molecule has 0 aliphatic carbocycles. The number of nitrogen functional groups attached to an aromatic ring is 1. The summed E-state index contributed by atoms with van der Waals surface area (Å²) in [6, 6.07) is 14.2. The lowest BCUT2D eigenvalue weighted by Crippen LogP contribution is -2.20. The Hall–Kier alpha value is -2.69. The summed E-state index contributed by atoms with van der Waals surface area (Å²) >= 11 is 0. The van der Waals surface area contributed by atoms with Crippen molar-refractivity contribution in [3.8, 4) is 11.5 Å². The number of nitrogens with two attached hydrogens (primary N) is 1. The summed E-state index contributed by atoms with van der Waals surface area (Å²) in [6.45, 7) is -0.0827. The van der Waals surface area contributed by atoms with E-state index in [-0.39, 0.29) is 12.5 Å². The fraction of sp³-hybridized carbons (Fsp3) is 0.133. The molecule has 2 aromatic carbocycles. The van der Waals surface area contributed by atoms with Gasteiger partial charge < -0.3 is 20.5 Å². The van der Waals surface area contributed by atoms with Crippen LogP contribution >= 0.6 is 0 Å². The number of amides is 1. The molecule has 1 amide bonds. The Bertz CT molecular complexity index is 585. The number of para-hydroxylation sites is 1. The number of benzene rings is 2. The number of methoxy groups -OCH3 is 1. The molecule has 0 aliphatic rings. The summed E-state index contributed by atoms with van der Waals surface area (Å²) in [4.78, 5) is 11.7. The molecule has 0 saturated heterocycles. The van der Waals surface area contributed by atoms with Gasteiger partial charge in [-0.2, -0.15) is 0 Å². The molecule has 0 aromatic heterocycles. The molecular weight excluding hydrogens is 256 g/mol. The molecule has 104 valence electrons. The van der Waals surface area contributed by atoms with E-state index in [1.54, 1.807) is 25.3 Å². The molecule has 0 saturated carbocycles. The summed E-state index contributed by atoms with van der Waals surface area (Å²) in [5, 5.41) is 2.73. The van der Waals surface area contributed by atoms with Crippen molar-refractivity contribution in [2.75, 3.05) is 24.8 Å². The highest BCUT2D eigenvalue weighted by Crippen LogP contribution is 2.25. The van der Waals surface area contributed by atoms with E-state index in [0.29, 0.717) is 17.2 Å². The number of hydrogen-bond acceptors (Lipinski definition) is 4. The Kier molecular flexibility index (Phi) is 4.44. The van der Waals surface area contributed by atoms with Crippen LogP contribution in [0.5, 0.6) is 11.5 Å². The van der Waals surface area contributed by atoms with E-state index in [2.05, 4.69) is 5.32 Å². The fourth-order valence-electron chi connectivity index (χ4n) is 1.67. The number of carbonyl (C=O) groups excluding carboxylic acids is 1. The van der Waals surface area contributed by atoms with Crippen LogP contribution in [0.4, 0.5) is 11.4 Å². The number of nitrogens with one attached hydrogen (secondary N) is 1. The maximum absolute atomic E-state index is 11.7. The van der Waals surface area contributed by atoms with Crippen molar-refractivity contribution in [1.29, 1.82) is 0 Å². The zero-order valence-corrected chi connectivity index (χ0v) is 11.1. The quantitative estimate of drug-likeness (QED) is 0.819. The Balaban J connectivity index is 1.89. The number of rotatable bonds is 5. The van der Waals surface area contributed by atoms with E-state index < -0.39 is 0 Å². The Labute approximate surface area is 117 Å². The fourth-order valence-corrected chi connectivity index (χ4v) is 1.67. The van der Waals surface area contributed by atoms with Crippen LogP contribution in [0.25, 0.3) is 0 Å². The van der Waals surface area contributed by atoms with Crippen LogP contribution in [0.15, 0.2) is 48.5 Å². The van der Waals surface area contributed by atoms with Gasteiger partial charge in [0.1, 0.15) is 11.5 Å². The molecule has 2 rings (SSSR count). The minimum absolute atomic E-state index is 0.0827. The highest BCUT2D eigenvalue weighted by Gasteiger charge is 2.05. The van der Waals surface area contributed by atoms with Crippen molar-refractivity contribution in [3.05, 3.63) is 48.5 Å². The van der Waals surface area contributed by atoms with Crippen molar-refractivity contribution in [2.24, 2.45) is 0 Å². The van der Waals surface area contributed by atoms with Gasteiger partial charge in [-0.05, 0) is 24.3 Å².